The molecule has 4 rings (SSSR count). The summed E-state index contributed by atoms with van der Waals surface area (Å²) in [7, 11) is -1.87. The van der Waals surface area contributed by atoms with Gasteiger partial charge in [-0.15, -0.1) is 0 Å². The van der Waals surface area contributed by atoms with E-state index in [0.29, 0.717) is 19.8 Å². The zero-order valence-electron chi connectivity index (χ0n) is 23.4. The third kappa shape index (κ3) is 6.96. The van der Waals surface area contributed by atoms with Gasteiger partial charge in [0.2, 0.25) is 0 Å². The molecule has 0 aliphatic rings. The minimum absolute atomic E-state index is 0.187. The van der Waals surface area contributed by atoms with Gasteiger partial charge < -0.3 is 0 Å². The van der Waals surface area contributed by atoms with Crippen molar-refractivity contribution in [1.82, 2.24) is 4.98 Å². The van der Waals surface area contributed by atoms with Gasteiger partial charge in [0.25, 0.3) is 0 Å². The fourth-order valence-electron chi connectivity index (χ4n) is 3.94. The first-order valence-electron chi connectivity index (χ1n) is 13.0. The van der Waals surface area contributed by atoms with Gasteiger partial charge in [0, 0.05) is 0 Å². The maximum atomic E-state index is 6.66. The molecule has 0 amide bonds. The van der Waals surface area contributed by atoms with Gasteiger partial charge >= 0.3 is 238 Å². The van der Waals surface area contributed by atoms with E-state index in [-0.39, 0.29) is 19.5 Å². The van der Waals surface area contributed by atoms with Crippen molar-refractivity contribution in [3.05, 3.63) is 99.6 Å². The Hall–Kier alpha value is -1.87. The van der Waals surface area contributed by atoms with Crippen LogP contribution in [0.1, 0.15) is 52.4 Å². The zero-order valence-corrected chi connectivity index (χ0v) is 27.8. The Balaban J connectivity index is 1.64. The van der Waals surface area contributed by atoms with Gasteiger partial charge in [-0.2, -0.15) is 0 Å². The van der Waals surface area contributed by atoms with Crippen molar-refractivity contribution in [3.8, 4) is 15.9 Å². The second-order valence-electron chi connectivity index (χ2n) is 11.4. The second kappa shape index (κ2) is 11.5. The van der Waals surface area contributed by atoms with Crippen LogP contribution in [-0.2, 0) is 6.42 Å². The van der Waals surface area contributed by atoms with Gasteiger partial charge in [-0.05, 0) is 0 Å². The number of rotatable bonds is 8. The Labute approximate surface area is 236 Å². The number of benzene rings is 3. The first-order chi connectivity index (χ1) is 17.4. The summed E-state index contributed by atoms with van der Waals surface area (Å²) in [5.41, 5.74) is 6.45. The fraction of sp³-hybridized carbons (Fsp3) is 0.344. The van der Waals surface area contributed by atoms with Crippen LogP contribution in [0.4, 0.5) is 0 Å². The molecule has 0 N–H and O–H groups in total. The summed E-state index contributed by atoms with van der Waals surface area (Å²) in [5.74, 6) is 1.05. The summed E-state index contributed by atoms with van der Waals surface area (Å²) < 4.78 is 10.9. The van der Waals surface area contributed by atoms with E-state index in [9.17, 15) is 0 Å². The summed E-state index contributed by atoms with van der Waals surface area (Å²) in [6, 6.07) is 26.7. The molecule has 0 saturated carbocycles. The van der Waals surface area contributed by atoms with Gasteiger partial charge in [0.05, 0.1) is 0 Å². The Kier molecular flexibility index (Phi) is 8.73. The van der Waals surface area contributed by atoms with Crippen LogP contribution >= 0.6 is 0 Å². The molecule has 0 spiro atoms. The van der Waals surface area contributed by atoms with Crippen LogP contribution in [0.2, 0.25) is 18.1 Å². The van der Waals surface area contributed by atoms with Gasteiger partial charge in [-0.3, -0.25) is 0 Å². The van der Waals surface area contributed by atoms with Crippen molar-refractivity contribution in [2.45, 2.75) is 70.9 Å². The number of aryl methyl sites for hydroxylation is 3. The van der Waals surface area contributed by atoms with Crippen molar-refractivity contribution < 1.29 is 4.43 Å². The van der Waals surface area contributed by atoms with Crippen LogP contribution in [0, 0.1) is 20.8 Å². The van der Waals surface area contributed by atoms with E-state index in [2.05, 4.69) is 127 Å². The van der Waals surface area contributed by atoms with E-state index in [1.54, 1.807) is 4.44 Å². The normalized spacial score (nSPS) is 13.0. The van der Waals surface area contributed by atoms with Crippen LogP contribution in [0.5, 0.6) is 5.75 Å². The van der Waals surface area contributed by atoms with Crippen LogP contribution in [0.25, 0.3) is 10.1 Å². The van der Waals surface area contributed by atoms with Crippen LogP contribution in [-0.4, -0.2) is 42.8 Å². The molecule has 1 atom stereocenters. The SMILES string of the molecule is Cc1ccc(-c2nc(C)c(C(Cc3ccccc3)[Se]c3ccc(O[Si](C)(C)C(C)(C)C)c(C)c3)[se]2)cc1. The van der Waals surface area contributed by atoms with E-state index in [1.165, 1.54) is 37.0 Å². The molecule has 0 aliphatic heterocycles. The molecular weight excluding hydrogens is 600 g/mol. The molecule has 3 aromatic carbocycles. The molecule has 4 aromatic rings. The van der Waals surface area contributed by atoms with E-state index >= 15 is 0 Å². The third-order valence-corrected chi connectivity index (χ3v) is 17.7. The van der Waals surface area contributed by atoms with E-state index in [1.807, 2.05) is 0 Å². The molecule has 0 saturated heterocycles. The van der Waals surface area contributed by atoms with Crippen molar-refractivity contribution in [3.63, 3.8) is 0 Å². The Bertz CT molecular complexity index is 1340. The standard InChI is InChI=1S/C32H39NOSe2Si/c1-22-14-16-26(17-15-22)31-33-24(3)30(36-31)29(21-25-12-10-9-11-13-25)35-27-18-19-28(23(2)20-27)34-37(7,8)32(4,5)6/h9-20,29H,21H2,1-8H3. The molecule has 2 nitrogen and oxygen atoms in total. The summed E-state index contributed by atoms with van der Waals surface area (Å²) >= 11 is 0.549. The summed E-state index contributed by atoms with van der Waals surface area (Å²) in [4.78, 5) is 5.58. The molecule has 37 heavy (non-hydrogen) atoms. The molecule has 1 heterocycles. The van der Waals surface area contributed by atoms with Crippen molar-refractivity contribution in [1.29, 1.82) is 0 Å². The maximum absolute atomic E-state index is 6.66. The number of nitrogens with zero attached hydrogens (tertiary/aromatic N) is 1. The van der Waals surface area contributed by atoms with Gasteiger partial charge in [0.15, 0.2) is 0 Å². The molecule has 1 unspecified atom stereocenters. The fourth-order valence-corrected chi connectivity index (χ4v) is 11.0. The zero-order chi connectivity index (χ0) is 26.8. The molecule has 0 bridgehead atoms. The molecule has 0 radical (unpaired) electrons. The van der Waals surface area contributed by atoms with Crippen molar-refractivity contribution in [2.24, 2.45) is 0 Å². The summed E-state index contributed by atoms with van der Waals surface area (Å²) in [6.07, 6.45) is 1.06. The number of hydrogen-bond acceptors (Lipinski definition) is 2. The van der Waals surface area contributed by atoms with Crippen LogP contribution in [0.3, 0.4) is 0 Å². The quantitative estimate of drug-likeness (QED) is 0.187. The second-order valence-corrected chi connectivity index (χ2v) is 21.0. The topological polar surface area (TPSA) is 22.1 Å². The van der Waals surface area contributed by atoms with Crippen LogP contribution in [0.15, 0.2) is 72.8 Å². The average molecular weight is 640 g/mol. The Morgan fingerprint density at radius 1 is 0.919 bits per heavy atom. The summed E-state index contributed by atoms with van der Waals surface area (Å²) in [5, 5.41) is 0.187. The molecule has 0 aliphatic carbocycles. The summed E-state index contributed by atoms with van der Waals surface area (Å²) in [6.45, 7) is 18.1. The predicted octanol–water partition coefficient (Wildman–Crippen LogP) is 7.43. The van der Waals surface area contributed by atoms with Crippen molar-refractivity contribution in [2.75, 3.05) is 0 Å². The Morgan fingerprint density at radius 2 is 1.59 bits per heavy atom. The van der Waals surface area contributed by atoms with Crippen molar-refractivity contribution >= 4 is 42.2 Å². The first kappa shape index (κ1) is 28.1. The van der Waals surface area contributed by atoms with Gasteiger partial charge in [-0.25, -0.2) is 0 Å². The average Bonchev–Trinajstić information content (AvgIpc) is 3.22. The van der Waals surface area contributed by atoms with Gasteiger partial charge in [-0.1, -0.05) is 0 Å². The monoisotopic (exact) mass is 641 g/mol. The number of hydrogen-bond donors (Lipinski definition) is 0. The first-order valence-corrected chi connectivity index (χ1v) is 19.4. The predicted molar refractivity (Wildman–Crippen MR) is 163 cm³/mol. The van der Waals surface area contributed by atoms with Crippen LogP contribution < -0.4 is 8.89 Å². The van der Waals surface area contributed by atoms with E-state index < -0.39 is 8.32 Å². The molecule has 0 fully saturated rings. The molecule has 194 valence electrons. The molecular formula is C32H39NOSe2Si. The number of aromatic nitrogens is 1. The van der Waals surface area contributed by atoms with Gasteiger partial charge in [0.1, 0.15) is 0 Å². The van der Waals surface area contributed by atoms with E-state index in [4.69, 9.17) is 9.41 Å². The Morgan fingerprint density at radius 3 is 2.22 bits per heavy atom. The minimum atomic E-state index is -1.87. The molecule has 1 aromatic heterocycles. The molecule has 5 heteroatoms. The van der Waals surface area contributed by atoms with E-state index in [0.717, 1.165) is 12.2 Å². The third-order valence-electron chi connectivity index (χ3n) is 7.28.